The van der Waals surface area contributed by atoms with Gasteiger partial charge in [-0.05, 0) is 38.8 Å². The van der Waals surface area contributed by atoms with Crippen molar-refractivity contribution in [1.29, 1.82) is 0 Å². The zero-order valence-electron chi connectivity index (χ0n) is 13.8. The summed E-state index contributed by atoms with van der Waals surface area (Å²) in [5.74, 6) is -0.195. The summed E-state index contributed by atoms with van der Waals surface area (Å²) >= 11 is 0. The normalized spacial score (nSPS) is 13.7. The molecule has 22 heavy (non-hydrogen) atoms. The molecule has 0 bridgehead atoms. The Morgan fingerprint density at radius 1 is 1.18 bits per heavy atom. The predicted molar refractivity (Wildman–Crippen MR) is 86.5 cm³/mol. The van der Waals surface area contributed by atoms with Gasteiger partial charge < -0.3 is 10.1 Å². The molecule has 6 heteroatoms. The van der Waals surface area contributed by atoms with Crippen molar-refractivity contribution >= 4 is 15.9 Å². The molecule has 0 fully saturated rings. The molecular formula is C16H25NO4S. The Bertz CT molecular complexity index is 588. The van der Waals surface area contributed by atoms with Crippen LogP contribution in [0.5, 0.6) is 0 Å². The van der Waals surface area contributed by atoms with Crippen LogP contribution in [-0.4, -0.2) is 31.9 Å². The first-order valence-corrected chi connectivity index (χ1v) is 8.94. The fourth-order valence-corrected chi connectivity index (χ4v) is 3.53. The Morgan fingerprint density at radius 2 is 1.73 bits per heavy atom. The first-order valence-electron chi connectivity index (χ1n) is 7.28. The molecule has 0 aromatic heterocycles. The summed E-state index contributed by atoms with van der Waals surface area (Å²) in [4.78, 5) is 12.1. The molecule has 0 heterocycles. The van der Waals surface area contributed by atoms with Crippen LogP contribution >= 0.6 is 0 Å². The number of amides is 1. The second-order valence-corrected chi connectivity index (χ2v) is 8.63. The van der Waals surface area contributed by atoms with E-state index in [4.69, 9.17) is 4.74 Å². The Kier molecular flexibility index (Phi) is 6.00. The summed E-state index contributed by atoms with van der Waals surface area (Å²) in [5, 5.41) is 2.66. The van der Waals surface area contributed by atoms with Crippen LogP contribution < -0.4 is 5.32 Å². The molecule has 0 spiro atoms. The summed E-state index contributed by atoms with van der Waals surface area (Å²) in [5.41, 5.74) is -0.621. The molecule has 1 aromatic rings. The van der Waals surface area contributed by atoms with Crippen LogP contribution in [0.1, 0.15) is 34.6 Å². The average molecular weight is 327 g/mol. The van der Waals surface area contributed by atoms with Crippen LogP contribution in [0, 0.1) is 5.92 Å². The van der Waals surface area contributed by atoms with Crippen molar-refractivity contribution in [2.45, 2.75) is 51.2 Å². The second-order valence-electron chi connectivity index (χ2n) is 6.59. The van der Waals surface area contributed by atoms with Gasteiger partial charge in [-0.25, -0.2) is 13.2 Å². The number of carbonyl (C=O) groups is 1. The fraction of sp³-hybridized carbons (Fsp3) is 0.562. The lowest BCUT2D eigenvalue weighted by Crippen LogP contribution is -2.45. The average Bonchev–Trinajstić information content (AvgIpc) is 2.36. The van der Waals surface area contributed by atoms with Crippen molar-refractivity contribution in [3.05, 3.63) is 30.3 Å². The van der Waals surface area contributed by atoms with Gasteiger partial charge in [0.15, 0.2) is 9.84 Å². The topological polar surface area (TPSA) is 72.5 Å². The minimum atomic E-state index is -3.46. The number of ether oxygens (including phenoxy) is 1. The van der Waals surface area contributed by atoms with Gasteiger partial charge in [-0.15, -0.1) is 0 Å². The molecule has 0 aliphatic heterocycles. The molecule has 0 saturated carbocycles. The molecule has 5 nitrogen and oxygen atoms in total. The maximum Gasteiger partial charge on any atom is 0.407 e. The number of nitrogens with one attached hydrogen (secondary N) is 1. The molecule has 1 atom stereocenters. The molecule has 1 N–H and O–H groups in total. The lowest BCUT2D eigenvalue weighted by molar-refractivity contribution is 0.0497. The quantitative estimate of drug-likeness (QED) is 0.902. The zero-order valence-corrected chi connectivity index (χ0v) is 14.6. The number of hydrogen-bond donors (Lipinski definition) is 1. The molecule has 1 rings (SSSR count). The van der Waals surface area contributed by atoms with Gasteiger partial charge in [0.2, 0.25) is 0 Å². The van der Waals surface area contributed by atoms with E-state index in [0.29, 0.717) is 0 Å². The summed E-state index contributed by atoms with van der Waals surface area (Å²) in [6.45, 7) is 9.01. The summed E-state index contributed by atoms with van der Waals surface area (Å²) in [7, 11) is -3.46. The van der Waals surface area contributed by atoms with Crippen LogP contribution in [0.2, 0.25) is 0 Å². The summed E-state index contributed by atoms with van der Waals surface area (Å²) in [6.07, 6.45) is -0.602. The Morgan fingerprint density at radius 3 is 2.18 bits per heavy atom. The lowest BCUT2D eigenvalue weighted by Gasteiger charge is -2.25. The molecule has 0 aliphatic rings. The molecule has 0 radical (unpaired) electrons. The maximum atomic E-state index is 12.4. The number of benzene rings is 1. The summed E-state index contributed by atoms with van der Waals surface area (Å²) in [6, 6.07) is 7.72. The van der Waals surface area contributed by atoms with Crippen LogP contribution in [-0.2, 0) is 14.6 Å². The van der Waals surface area contributed by atoms with E-state index < -0.39 is 27.6 Å². The Labute approximate surface area is 133 Å². The number of carbonyl (C=O) groups excluding carboxylic acids is 1. The smallest absolute Gasteiger partial charge is 0.407 e. The molecule has 0 saturated heterocycles. The lowest BCUT2D eigenvalue weighted by atomic mass is 10.1. The van der Waals surface area contributed by atoms with Crippen LogP contribution in [0.15, 0.2) is 35.2 Å². The van der Waals surface area contributed by atoms with Crippen molar-refractivity contribution in [1.82, 2.24) is 5.32 Å². The van der Waals surface area contributed by atoms with E-state index in [1.54, 1.807) is 51.1 Å². The van der Waals surface area contributed by atoms with Gasteiger partial charge >= 0.3 is 6.09 Å². The van der Waals surface area contributed by atoms with Crippen LogP contribution in [0.4, 0.5) is 4.79 Å². The van der Waals surface area contributed by atoms with E-state index >= 15 is 0 Å². The van der Waals surface area contributed by atoms with Gasteiger partial charge in [0.05, 0.1) is 10.6 Å². The number of alkyl carbamates (subject to hydrolysis) is 1. The minimum Gasteiger partial charge on any atom is -0.444 e. The highest BCUT2D eigenvalue weighted by molar-refractivity contribution is 7.91. The highest BCUT2D eigenvalue weighted by Crippen LogP contribution is 2.15. The highest BCUT2D eigenvalue weighted by atomic mass is 32.2. The van der Waals surface area contributed by atoms with Gasteiger partial charge in [0.25, 0.3) is 0 Å². The number of hydrogen-bond acceptors (Lipinski definition) is 4. The fourth-order valence-electron chi connectivity index (χ4n) is 1.82. The molecule has 124 valence electrons. The predicted octanol–water partition coefficient (Wildman–Crippen LogP) is 3.01. The van der Waals surface area contributed by atoms with Gasteiger partial charge in [0, 0.05) is 6.04 Å². The first-order chi connectivity index (χ1) is 10.0. The van der Waals surface area contributed by atoms with E-state index in [1.165, 1.54) is 0 Å². The van der Waals surface area contributed by atoms with E-state index in [2.05, 4.69) is 5.32 Å². The Balaban J connectivity index is 2.83. The van der Waals surface area contributed by atoms with Crippen molar-refractivity contribution in [3.63, 3.8) is 0 Å². The van der Waals surface area contributed by atoms with Crippen molar-refractivity contribution in [2.24, 2.45) is 5.92 Å². The highest BCUT2D eigenvalue weighted by Gasteiger charge is 2.27. The standard InChI is InChI=1S/C16H25NO4S/c1-12(2)14(17-15(18)21-16(3,4)5)11-22(19,20)13-9-7-6-8-10-13/h6-10,12,14H,11H2,1-5H3,(H,17,18)/t14-/m0/s1. The third-order valence-electron chi connectivity index (χ3n) is 3.01. The Hall–Kier alpha value is -1.56. The second kappa shape index (κ2) is 7.13. The number of rotatable bonds is 5. The third kappa shape index (κ3) is 6.05. The number of sulfone groups is 1. The van der Waals surface area contributed by atoms with Crippen LogP contribution in [0.3, 0.4) is 0 Å². The van der Waals surface area contributed by atoms with E-state index in [-0.39, 0.29) is 16.6 Å². The van der Waals surface area contributed by atoms with Gasteiger partial charge in [0.1, 0.15) is 5.60 Å². The SMILES string of the molecule is CC(C)[C@H](CS(=O)(=O)c1ccccc1)NC(=O)OC(C)(C)C. The van der Waals surface area contributed by atoms with Gasteiger partial charge in [-0.3, -0.25) is 0 Å². The largest absolute Gasteiger partial charge is 0.444 e. The van der Waals surface area contributed by atoms with Gasteiger partial charge in [-0.2, -0.15) is 0 Å². The molecule has 0 unspecified atom stereocenters. The molecular weight excluding hydrogens is 302 g/mol. The third-order valence-corrected chi connectivity index (χ3v) is 4.80. The summed E-state index contributed by atoms with van der Waals surface area (Å²) < 4.78 is 30.0. The molecule has 0 aliphatic carbocycles. The zero-order chi connectivity index (χ0) is 17.0. The van der Waals surface area contributed by atoms with E-state index in [9.17, 15) is 13.2 Å². The van der Waals surface area contributed by atoms with Crippen molar-refractivity contribution in [2.75, 3.05) is 5.75 Å². The van der Waals surface area contributed by atoms with E-state index in [0.717, 1.165) is 0 Å². The minimum absolute atomic E-state index is 0.0361. The maximum absolute atomic E-state index is 12.4. The van der Waals surface area contributed by atoms with Crippen LogP contribution in [0.25, 0.3) is 0 Å². The first kappa shape index (κ1) is 18.5. The monoisotopic (exact) mass is 327 g/mol. The van der Waals surface area contributed by atoms with Crippen molar-refractivity contribution < 1.29 is 17.9 Å². The van der Waals surface area contributed by atoms with Crippen molar-refractivity contribution in [3.8, 4) is 0 Å². The van der Waals surface area contributed by atoms with Gasteiger partial charge in [-0.1, -0.05) is 32.0 Å². The van der Waals surface area contributed by atoms with E-state index in [1.807, 2.05) is 13.8 Å². The molecule has 1 aromatic carbocycles. The molecule has 1 amide bonds.